The highest BCUT2D eigenvalue weighted by molar-refractivity contribution is 7.92. The van der Waals surface area contributed by atoms with Crippen LogP contribution < -0.4 is 14.9 Å². The van der Waals surface area contributed by atoms with E-state index in [1.54, 1.807) is 61.5 Å². The Morgan fingerprint density at radius 2 is 1.85 bits per heavy atom. The van der Waals surface area contributed by atoms with Gasteiger partial charge in [-0.1, -0.05) is 29.8 Å². The van der Waals surface area contributed by atoms with E-state index in [0.29, 0.717) is 27.7 Å². The van der Waals surface area contributed by atoms with E-state index < -0.39 is 10.0 Å². The van der Waals surface area contributed by atoms with Crippen molar-refractivity contribution in [3.05, 3.63) is 82.8 Å². The molecular weight excluding hydrogens is 478 g/mol. The molecule has 2 aromatic carbocycles. The number of furan rings is 1. The van der Waals surface area contributed by atoms with Gasteiger partial charge in [-0.15, -0.1) is 0 Å². The number of benzene rings is 2. The lowest BCUT2D eigenvalue weighted by molar-refractivity contribution is -0.116. The molecule has 2 N–H and O–H groups in total. The van der Waals surface area contributed by atoms with Gasteiger partial charge in [-0.3, -0.25) is 13.9 Å². The zero-order chi connectivity index (χ0) is 24.7. The molecule has 0 atom stereocenters. The number of carbonyl (C=O) groups excluding carboxylic acids is 2. The molecule has 0 aliphatic carbocycles. The minimum atomic E-state index is -3.57. The van der Waals surface area contributed by atoms with Gasteiger partial charge in [0.05, 0.1) is 36.0 Å². The smallest absolute Gasteiger partial charge is 0.253 e. The van der Waals surface area contributed by atoms with Crippen molar-refractivity contribution < 1.29 is 22.4 Å². The van der Waals surface area contributed by atoms with Crippen LogP contribution in [0.1, 0.15) is 34.5 Å². The number of halogens is 1. The molecule has 0 unspecified atom stereocenters. The number of nitrogens with zero attached hydrogens (tertiary/aromatic N) is 1. The Morgan fingerprint density at radius 3 is 2.56 bits per heavy atom. The second-order valence-electron chi connectivity index (χ2n) is 7.73. The number of sulfonamides is 1. The Morgan fingerprint density at radius 1 is 1.09 bits per heavy atom. The average Bonchev–Trinajstić information content (AvgIpc) is 3.30. The number of carbonyl (C=O) groups is 2. The van der Waals surface area contributed by atoms with Crippen molar-refractivity contribution in [1.29, 1.82) is 0 Å². The van der Waals surface area contributed by atoms with Gasteiger partial charge in [-0.2, -0.15) is 0 Å². The average molecular weight is 504 g/mol. The molecule has 0 bridgehead atoms. The van der Waals surface area contributed by atoms with Crippen LogP contribution in [0.25, 0.3) is 0 Å². The first-order valence-corrected chi connectivity index (χ1v) is 12.8. The van der Waals surface area contributed by atoms with E-state index in [0.717, 1.165) is 11.8 Å². The van der Waals surface area contributed by atoms with Crippen LogP contribution in [0.5, 0.6) is 0 Å². The normalized spacial score (nSPS) is 11.1. The molecular formula is C24H26ClN3O5S. The van der Waals surface area contributed by atoms with Gasteiger partial charge < -0.3 is 15.1 Å². The quantitative estimate of drug-likeness (QED) is 0.427. The number of para-hydroxylation sites is 1. The molecule has 3 aromatic rings. The van der Waals surface area contributed by atoms with Crippen LogP contribution >= 0.6 is 11.6 Å². The highest BCUT2D eigenvalue weighted by Gasteiger charge is 2.20. The summed E-state index contributed by atoms with van der Waals surface area (Å²) < 4.78 is 31.2. The Kier molecular flexibility index (Phi) is 8.36. The predicted molar refractivity (Wildman–Crippen MR) is 133 cm³/mol. The van der Waals surface area contributed by atoms with E-state index in [1.807, 2.05) is 0 Å². The largest absolute Gasteiger partial charge is 0.467 e. The molecule has 0 saturated heterocycles. The summed E-state index contributed by atoms with van der Waals surface area (Å²) in [6.45, 7) is 2.13. The van der Waals surface area contributed by atoms with E-state index in [-0.39, 0.29) is 37.7 Å². The maximum atomic E-state index is 12.6. The number of rotatable bonds is 10. The van der Waals surface area contributed by atoms with Gasteiger partial charge in [0, 0.05) is 18.0 Å². The van der Waals surface area contributed by atoms with E-state index in [1.165, 1.54) is 10.6 Å². The minimum Gasteiger partial charge on any atom is -0.467 e. The maximum absolute atomic E-state index is 12.6. The van der Waals surface area contributed by atoms with Crippen molar-refractivity contribution in [2.45, 2.75) is 26.3 Å². The summed E-state index contributed by atoms with van der Waals surface area (Å²) in [7, 11) is -3.57. The van der Waals surface area contributed by atoms with E-state index in [9.17, 15) is 18.0 Å². The lowest BCUT2D eigenvalue weighted by Crippen LogP contribution is -2.32. The lowest BCUT2D eigenvalue weighted by Gasteiger charge is -2.24. The highest BCUT2D eigenvalue weighted by Crippen LogP contribution is 2.26. The standard InChI is InChI=1S/C24H26ClN3O5S/c1-17-11-12-18(25)15-22(17)28(34(2,31)32)13-5-10-23(29)27-21-9-4-3-8-20(21)24(30)26-16-19-7-6-14-33-19/h3-4,6-9,11-12,14-15H,5,10,13,16H2,1-2H3,(H,26,30)(H,27,29). The molecule has 8 nitrogen and oxygen atoms in total. The number of nitrogens with one attached hydrogen (secondary N) is 2. The zero-order valence-corrected chi connectivity index (χ0v) is 20.4. The van der Waals surface area contributed by atoms with E-state index in [2.05, 4.69) is 10.6 Å². The van der Waals surface area contributed by atoms with Crippen LogP contribution in [0.15, 0.2) is 65.3 Å². The zero-order valence-electron chi connectivity index (χ0n) is 18.9. The van der Waals surface area contributed by atoms with Crippen molar-refractivity contribution in [2.75, 3.05) is 22.4 Å². The summed E-state index contributed by atoms with van der Waals surface area (Å²) in [6.07, 6.45) is 2.98. The third kappa shape index (κ3) is 6.85. The van der Waals surface area contributed by atoms with Gasteiger partial charge in [-0.25, -0.2) is 8.42 Å². The Balaban J connectivity index is 1.61. The first-order valence-electron chi connectivity index (χ1n) is 10.6. The summed E-state index contributed by atoms with van der Waals surface area (Å²) in [4.78, 5) is 25.2. The van der Waals surface area contributed by atoms with Crippen LogP contribution in [0.4, 0.5) is 11.4 Å². The number of anilines is 2. The van der Waals surface area contributed by atoms with Crippen LogP contribution in [0.2, 0.25) is 5.02 Å². The van der Waals surface area contributed by atoms with Crippen molar-refractivity contribution in [3.63, 3.8) is 0 Å². The lowest BCUT2D eigenvalue weighted by atomic mass is 10.1. The molecule has 0 radical (unpaired) electrons. The second-order valence-corrected chi connectivity index (χ2v) is 10.1. The third-order valence-electron chi connectivity index (χ3n) is 5.05. The number of hydrogen-bond donors (Lipinski definition) is 2. The van der Waals surface area contributed by atoms with Gasteiger partial charge in [0.2, 0.25) is 15.9 Å². The Bertz CT molecular complexity index is 1260. The van der Waals surface area contributed by atoms with Crippen molar-refractivity contribution in [3.8, 4) is 0 Å². The molecule has 0 saturated carbocycles. The molecule has 3 rings (SSSR count). The molecule has 10 heteroatoms. The van der Waals surface area contributed by atoms with Crippen molar-refractivity contribution >= 4 is 44.8 Å². The number of aryl methyl sites for hydroxylation is 1. The highest BCUT2D eigenvalue weighted by atomic mass is 35.5. The summed E-state index contributed by atoms with van der Waals surface area (Å²) in [5, 5.41) is 5.92. The third-order valence-corrected chi connectivity index (χ3v) is 6.47. The molecule has 0 spiro atoms. The molecule has 1 aromatic heterocycles. The number of hydrogen-bond acceptors (Lipinski definition) is 5. The molecule has 180 valence electrons. The summed E-state index contributed by atoms with van der Waals surface area (Å²) in [6, 6.07) is 15.2. The molecule has 1 heterocycles. The van der Waals surface area contributed by atoms with Crippen molar-refractivity contribution in [2.24, 2.45) is 0 Å². The van der Waals surface area contributed by atoms with E-state index >= 15 is 0 Å². The monoisotopic (exact) mass is 503 g/mol. The Labute approximate surface area is 204 Å². The molecule has 0 aliphatic heterocycles. The van der Waals surface area contributed by atoms with Crippen LogP contribution in [0.3, 0.4) is 0 Å². The number of amides is 2. The van der Waals surface area contributed by atoms with Gasteiger partial charge >= 0.3 is 0 Å². The molecule has 0 fully saturated rings. The van der Waals surface area contributed by atoms with Gasteiger partial charge in [0.25, 0.3) is 5.91 Å². The van der Waals surface area contributed by atoms with Gasteiger partial charge in [-0.05, 0) is 55.3 Å². The topological polar surface area (TPSA) is 109 Å². The molecule has 34 heavy (non-hydrogen) atoms. The first kappa shape index (κ1) is 25.3. The fourth-order valence-electron chi connectivity index (χ4n) is 3.38. The van der Waals surface area contributed by atoms with Gasteiger partial charge in [0.1, 0.15) is 5.76 Å². The maximum Gasteiger partial charge on any atom is 0.253 e. The summed E-state index contributed by atoms with van der Waals surface area (Å²) >= 11 is 6.05. The molecule has 0 aliphatic rings. The fourth-order valence-corrected chi connectivity index (χ4v) is 4.56. The summed E-state index contributed by atoms with van der Waals surface area (Å²) in [5.74, 6) is -0.0743. The summed E-state index contributed by atoms with van der Waals surface area (Å²) in [5.41, 5.74) is 1.92. The van der Waals surface area contributed by atoms with Crippen molar-refractivity contribution in [1.82, 2.24) is 5.32 Å². The fraction of sp³-hybridized carbons (Fsp3) is 0.250. The van der Waals surface area contributed by atoms with Gasteiger partial charge in [0.15, 0.2) is 0 Å². The minimum absolute atomic E-state index is 0.0635. The van der Waals surface area contributed by atoms with Crippen LogP contribution in [0, 0.1) is 6.92 Å². The first-order chi connectivity index (χ1) is 16.1. The molecule has 2 amide bonds. The second kappa shape index (κ2) is 11.2. The van der Waals surface area contributed by atoms with Crippen LogP contribution in [-0.2, 0) is 21.4 Å². The Hall–Kier alpha value is -3.30. The predicted octanol–water partition coefficient (Wildman–Crippen LogP) is 4.36. The van der Waals surface area contributed by atoms with Crippen LogP contribution in [-0.4, -0.2) is 33.0 Å². The SMILES string of the molecule is Cc1ccc(Cl)cc1N(CCCC(=O)Nc1ccccc1C(=O)NCc1ccco1)S(C)(=O)=O. The van der Waals surface area contributed by atoms with E-state index in [4.69, 9.17) is 16.0 Å².